The molecule has 160 valence electrons. The monoisotopic (exact) mass is 386 g/mol. The van der Waals surface area contributed by atoms with Gasteiger partial charge in [0.05, 0.1) is 0 Å². The van der Waals surface area contributed by atoms with Gasteiger partial charge < -0.3 is 0 Å². The van der Waals surface area contributed by atoms with Crippen LogP contribution in [0.1, 0.15) is 112 Å². The molecule has 0 amide bonds. The molecule has 4 aliphatic carbocycles. The van der Waals surface area contributed by atoms with Crippen LogP contribution in [0.15, 0.2) is 0 Å². The predicted octanol–water partition coefficient (Wildman–Crippen LogP) is 7.68. The quantitative estimate of drug-likeness (QED) is 0.473. The highest BCUT2D eigenvalue weighted by atomic mass is 16.1. The third kappa shape index (κ3) is 3.31. The van der Waals surface area contributed by atoms with Crippen molar-refractivity contribution >= 4 is 5.78 Å². The van der Waals surface area contributed by atoms with Crippen molar-refractivity contribution in [3.63, 3.8) is 0 Å². The smallest absolute Gasteiger partial charge is 0.137 e. The van der Waals surface area contributed by atoms with Crippen LogP contribution in [0.2, 0.25) is 0 Å². The standard InChI is InChI=1S/C27H46O/c1-18(2)9-8-10-19(3)22-14-15-23-21-13-12-20-11-6-7-16-26(20,4)25(21)24(28)17-27(22,23)5/h18-23,25H,6-17H2,1-5H3/t19-,20-,21+,22-,23-,25-,26+,27-/m1/s1. The van der Waals surface area contributed by atoms with Gasteiger partial charge >= 0.3 is 0 Å². The minimum atomic E-state index is 0.299. The van der Waals surface area contributed by atoms with E-state index < -0.39 is 0 Å². The van der Waals surface area contributed by atoms with E-state index in [1.54, 1.807) is 0 Å². The van der Waals surface area contributed by atoms with Gasteiger partial charge in [0.25, 0.3) is 0 Å². The molecule has 4 aliphatic rings. The van der Waals surface area contributed by atoms with Crippen molar-refractivity contribution in [3.8, 4) is 0 Å². The average Bonchev–Trinajstić information content (AvgIpc) is 2.97. The first-order valence-electron chi connectivity index (χ1n) is 12.8. The molecule has 1 heteroatoms. The first-order valence-corrected chi connectivity index (χ1v) is 12.8. The molecule has 4 saturated carbocycles. The first-order chi connectivity index (χ1) is 13.3. The fraction of sp³-hybridized carbons (Fsp3) is 0.963. The molecule has 8 atom stereocenters. The van der Waals surface area contributed by atoms with Gasteiger partial charge in [-0.25, -0.2) is 0 Å². The lowest BCUT2D eigenvalue weighted by atomic mass is 9.44. The van der Waals surface area contributed by atoms with Crippen LogP contribution < -0.4 is 0 Å². The van der Waals surface area contributed by atoms with Gasteiger partial charge in [-0.3, -0.25) is 4.79 Å². The van der Waals surface area contributed by atoms with E-state index in [2.05, 4.69) is 34.6 Å². The largest absolute Gasteiger partial charge is 0.299 e. The minimum Gasteiger partial charge on any atom is -0.299 e. The summed E-state index contributed by atoms with van der Waals surface area (Å²) < 4.78 is 0. The summed E-state index contributed by atoms with van der Waals surface area (Å²) in [7, 11) is 0. The number of hydrogen-bond donors (Lipinski definition) is 0. The van der Waals surface area contributed by atoms with Crippen LogP contribution >= 0.6 is 0 Å². The molecule has 4 rings (SSSR count). The van der Waals surface area contributed by atoms with Crippen molar-refractivity contribution in [1.82, 2.24) is 0 Å². The molecule has 0 aromatic rings. The summed E-state index contributed by atoms with van der Waals surface area (Å²) in [5, 5.41) is 0. The Morgan fingerprint density at radius 1 is 0.929 bits per heavy atom. The van der Waals surface area contributed by atoms with Crippen molar-refractivity contribution in [2.75, 3.05) is 0 Å². The number of ketones is 1. The Hall–Kier alpha value is -0.330. The molecule has 0 aromatic heterocycles. The van der Waals surface area contributed by atoms with E-state index in [0.717, 1.165) is 36.0 Å². The summed E-state index contributed by atoms with van der Waals surface area (Å²) in [5.41, 5.74) is 0.633. The summed E-state index contributed by atoms with van der Waals surface area (Å²) in [4.78, 5) is 13.7. The van der Waals surface area contributed by atoms with Gasteiger partial charge in [0.1, 0.15) is 5.78 Å². The summed E-state index contributed by atoms with van der Waals surface area (Å²) in [6.45, 7) is 12.3. The van der Waals surface area contributed by atoms with Crippen LogP contribution in [-0.2, 0) is 4.79 Å². The SMILES string of the molecule is CC(C)CCC[C@@H](C)[C@H]1CC[C@@H]2[C@@H]3CC[C@H]4CCCC[C@]4(C)[C@H]3C(=O)C[C@@]21C. The van der Waals surface area contributed by atoms with E-state index in [-0.39, 0.29) is 0 Å². The Morgan fingerprint density at radius 2 is 1.71 bits per heavy atom. The van der Waals surface area contributed by atoms with E-state index >= 15 is 0 Å². The second-order valence-corrected chi connectivity index (χ2v) is 12.4. The number of fused-ring (bicyclic) bond motifs is 5. The highest BCUT2D eigenvalue weighted by Crippen LogP contribution is 2.67. The van der Waals surface area contributed by atoms with E-state index in [9.17, 15) is 4.79 Å². The average molecular weight is 387 g/mol. The molecule has 0 aliphatic heterocycles. The molecule has 0 unspecified atom stereocenters. The molecule has 0 bridgehead atoms. The van der Waals surface area contributed by atoms with Crippen LogP contribution in [-0.4, -0.2) is 5.78 Å². The van der Waals surface area contributed by atoms with Crippen LogP contribution in [0.4, 0.5) is 0 Å². The van der Waals surface area contributed by atoms with E-state index in [1.165, 1.54) is 70.6 Å². The van der Waals surface area contributed by atoms with Gasteiger partial charge in [-0.05, 0) is 84.9 Å². The fourth-order valence-electron chi connectivity index (χ4n) is 9.13. The van der Waals surface area contributed by atoms with E-state index in [4.69, 9.17) is 0 Å². The third-order valence-corrected chi connectivity index (χ3v) is 10.5. The minimum absolute atomic E-state index is 0.299. The van der Waals surface area contributed by atoms with Crippen LogP contribution in [0.5, 0.6) is 0 Å². The van der Waals surface area contributed by atoms with E-state index in [0.29, 0.717) is 28.4 Å². The predicted molar refractivity (Wildman–Crippen MR) is 118 cm³/mol. The molecular weight excluding hydrogens is 340 g/mol. The van der Waals surface area contributed by atoms with Crippen molar-refractivity contribution in [2.24, 2.45) is 52.3 Å². The van der Waals surface area contributed by atoms with Crippen molar-refractivity contribution in [3.05, 3.63) is 0 Å². The number of hydrogen-bond acceptors (Lipinski definition) is 1. The summed E-state index contributed by atoms with van der Waals surface area (Å²) in [6, 6.07) is 0. The molecular formula is C27H46O. The Bertz CT molecular complexity index is 579. The Morgan fingerprint density at radius 3 is 2.46 bits per heavy atom. The zero-order valence-corrected chi connectivity index (χ0v) is 19.4. The molecule has 1 nitrogen and oxygen atoms in total. The Kier molecular flexibility index (Phi) is 5.78. The maximum atomic E-state index is 13.7. The molecule has 0 aromatic carbocycles. The second-order valence-electron chi connectivity index (χ2n) is 12.4. The number of Topliss-reactive ketones (excluding diaryl/α,β-unsaturated/α-hetero) is 1. The molecule has 0 radical (unpaired) electrons. The van der Waals surface area contributed by atoms with Crippen LogP contribution in [0.3, 0.4) is 0 Å². The lowest BCUT2D eigenvalue weighted by Crippen LogP contribution is -2.57. The van der Waals surface area contributed by atoms with Crippen molar-refractivity contribution < 1.29 is 4.79 Å². The lowest BCUT2D eigenvalue weighted by Gasteiger charge is -2.59. The molecule has 0 N–H and O–H groups in total. The van der Waals surface area contributed by atoms with Gasteiger partial charge in [0.2, 0.25) is 0 Å². The van der Waals surface area contributed by atoms with Gasteiger partial charge in [0, 0.05) is 12.3 Å². The highest BCUT2D eigenvalue weighted by Gasteiger charge is 2.63. The summed E-state index contributed by atoms with van der Waals surface area (Å²) in [6.07, 6.45) is 16.0. The van der Waals surface area contributed by atoms with Gasteiger partial charge in [0.15, 0.2) is 0 Å². The lowest BCUT2D eigenvalue weighted by molar-refractivity contribution is -0.158. The zero-order chi connectivity index (χ0) is 20.1. The first kappa shape index (κ1) is 20.9. The highest BCUT2D eigenvalue weighted by molar-refractivity contribution is 5.84. The summed E-state index contributed by atoms with van der Waals surface area (Å²) in [5.74, 6) is 5.85. The molecule has 28 heavy (non-hydrogen) atoms. The third-order valence-electron chi connectivity index (χ3n) is 10.5. The number of rotatable bonds is 5. The van der Waals surface area contributed by atoms with Crippen molar-refractivity contribution in [2.45, 2.75) is 112 Å². The molecule has 0 saturated heterocycles. The molecule has 4 fully saturated rings. The molecule has 0 heterocycles. The molecule has 0 spiro atoms. The number of carbonyl (C=O) groups is 1. The van der Waals surface area contributed by atoms with Crippen molar-refractivity contribution in [1.29, 1.82) is 0 Å². The van der Waals surface area contributed by atoms with Gasteiger partial charge in [-0.1, -0.05) is 66.7 Å². The maximum Gasteiger partial charge on any atom is 0.137 e. The maximum absolute atomic E-state index is 13.7. The Balaban J connectivity index is 1.52. The zero-order valence-electron chi connectivity index (χ0n) is 19.4. The fourth-order valence-corrected chi connectivity index (χ4v) is 9.13. The number of carbonyl (C=O) groups excluding carboxylic acids is 1. The van der Waals surface area contributed by atoms with E-state index in [1.807, 2.05) is 0 Å². The Labute approximate surface area is 174 Å². The summed E-state index contributed by atoms with van der Waals surface area (Å²) >= 11 is 0. The van der Waals surface area contributed by atoms with Crippen LogP contribution in [0, 0.1) is 52.3 Å². The van der Waals surface area contributed by atoms with Crippen LogP contribution in [0.25, 0.3) is 0 Å². The normalized spacial score (nSPS) is 46.8. The van der Waals surface area contributed by atoms with Gasteiger partial charge in [-0.15, -0.1) is 0 Å². The topological polar surface area (TPSA) is 17.1 Å². The van der Waals surface area contributed by atoms with Gasteiger partial charge in [-0.2, -0.15) is 0 Å². The second kappa shape index (κ2) is 7.73.